The van der Waals surface area contributed by atoms with Gasteiger partial charge in [-0.05, 0) is 12.8 Å². The quantitative estimate of drug-likeness (QED) is 0.776. The van der Waals surface area contributed by atoms with Crippen LogP contribution in [0.15, 0.2) is 0 Å². The van der Waals surface area contributed by atoms with Gasteiger partial charge in [-0.2, -0.15) is 9.97 Å². The number of nitrogens with one attached hydrogen (secondary N) is 1. The molecule has 0 unspecified atom stereocenters. The van der Waals surface area contributed by atoms with Crippen molar-refractivity contribution < 1.29 is 9.47 Å². The van der Waals surface area contributed by atoms with E-state index in [9.17, 15) is 0 Å². The highest BCUT2D eigenvalue weighted by Gasteiger charge is 2.41. The molecule has 6 nitrogen and oxygen atoms in total. The van der Waals surface area contributed by atoms with Crippen molar-refractivity contribution in [1.82, 2.24) is 15.0 Å². The summed E-state index contributed by atoms with van der Waals surface area (Å²) in [5.74, 6) is 1.10. The molecule has 2 rings (SSSR count). The molecule has 0 aliphatic heterocycles. The standard InChI is InChI=1S/C10H15ClN4O2/c1-16-8-13-7(14-9(15-8)17-2)12-6-10(5-11)3-4-10/h3-6H2,1-2H3,(H,12,13,14,15). The highest BCUT2D eigenvalue weighted by Crippen LogP contribution is 2.46. The second-order valence-corrected chi connectivity index (χ2v) is 4.39. The molecule has 1 saturated carbocycles. The maximum atomic E-state index is 5.90. The molecule has 1 N–H and O–H groups in total. The Morgan fingerprint density at radius 1 is 1.18 bits per heavy atom. The van der Waals surface area contributed by atoms with E-state index in [-0.39, 0.29) is 17.4 Å². The number of halogens is 1. The number of alkyl halides is 1. The van der Waals surface area contributed by atoms with Crippen LogP contribution in [0.4, 0.5) is 5.95 Å². The number of hydrogen-bond donors (Lipinski definition) is 1. The lowest BCUT2D eigenvalue weighted by Crippen LogP contribution is -2.18. The predicted molar refractivity (Wildman–Crippen MR) is 63.8 cm³/mol. The van der Waals surface area contributed by atoms with Crippen LogP contribution >= 0.6 is 11.6 Å². The van der Waals surface area contributed by atoms with Gasteiger partial charge in [0.1, 0.15) is 0 Å². The summed E-state index contributed by atoms with van der Waals surface area (Å²) < 4.78 is 9.93. The van der Waals surface area contributed by atoms with E-state index in [2.05, 4.69) is 20.3 Å². The summed E-state index contributed by atoms with van der Waals surface area (Å²) in [6.07, 6.45) is 2.28. The van der Waals surface area contributed by atoms with Gasteiger partial charge in [0.2, 0.25) is 5.95 Å². The molecule has 1 heterocycles. The largest absolute Gasteiger partial charge is 0.467 e. The fourth-order valence-electron chi connectivity index (χ4n) is 1.40. The van der Waals surface area contributed by atoms with E-state index in [1.165, 1.54) is 14.2 Å². The summed E-state index contributed by atoms with van der Waals surface area (Å²) >= 11 is 5.90. The fourth-order valence-corrected chi connectivity index (χ4v) is 1.76. The van der Waals surface area contributed by atoms with Crippen LogP contribution in [0.25, 0.3) is 0 Å². The minimum Gasteiger partial charge on any atom is -0.467 e. The molecule has 1 aromatic rings. The highest BCUT2D eigenvalue weighted by atomic mass is 35.5. The smallest absolute Gasteiger partial charge is 0.324 e. The Bertz CT molecular complexity index is 376. The van der Waals surface area contributed by atoms with Gasteiger partial charge >= 0.3 is 12.0 Å². The molecule has 0 spiro atoms. The third kappa shape index (κ3) is 2.88. The van der Waals surface area contributed by atoms with Gasteiger partial charge in [-0.3, -0.25) is 0 Å². The van der Waals surface area contributed by atoms with Crippen LogP contribution in [-0.4, -0.2) is 41.6 Å². The van der Waals surface area contributed by atoms with Gasteiger partial charge < -0.3 is 14.8 Å². The average molecular weight is 259 g/mol. The molecule has 0 aromatic carbocycles. The molecule has 1 aliphatic rings. The summed E-state index contributed by atoms with van der Waals surface area (Å²) in [6, 6.07) is 0.463. The Labute approximate surface area is 105 Å². The topological polar surface area (TPSA) is 69.2 Å². The molecular formula is C10H15ClN4O2. The lowest BCUT2D eigenvalue weighted by molar-refractivity contribution is 0.341. The summed E-state index contributed by atoms with van der Waals surface area (Å²) in [5, 5.41) is 3.14. The van der Waals surface area contributed by atoms with Gasteiger partial charge in [0.05, 0.1) is 14.2 Å². The van der Waals surface area contributed by atoms with Crippen LogP contribution in [0.1, 0.15) is 12.8 Å². The van der Waals surface area contributed by atoms with Gasteiger partial charge in [-0.25, -0.2) is 0 Å². The molecule has 1 fully saturated rings. The number of aromatic nitrogens is 3. The van der Waals surface area contributed by atoms with E-state index in [4.69, 9.17) is 21.1 Å². The summed E-state index contributed by atoms with van der Waals surface area (Å²) in [7, 11) is 3.00. The molecule has 1 aromatic heterocycles. The van der Waals surface area contributed by atoms with Crippen molar-refractivity contribution in [3.05, 3.63) is 0 Å². The van der Waals surface area contributed by atoms with E-state index in [1.807, 2.05) is 0 Å². The SMILES string of the molecule is COc1nc(NCC2(CCl)CC2)nc(OC)n1. The zero-order chi connectivity index (χ0) is 12.3. The Morgan fingerprint density at radius 3 is 2.18 bits per heavy atom. The summed E-state index contributed by atoms with van der Waals surface area (Å²) in [5.41, 5.74) is 0.203. The van der Waals surface area contributed by atoms with Gasteiger partial charge in [0.25, 0.3) is 0 Å². The van der Waals surface area contributed by atoms with Gasteiger partial charge in [-0.1, -0.05) is 0 Å². The zero-order valence-electron chi connectivity index (χ0n) is 9.86. The van der Waals surface area contributed by atoms with Crippen molar-refractivity contribution >= 4 is 17.5 Å². The molecule has 0 radical (unpaired) electrons. The Kier molecular flexibility index (Phi) is 3.51. The number of hydrogen-bond acceptors (Lipinski definition) is 6. The number of anilines is 1. The zero-order valence-corrected chi connectivity index (χ0v) is 10.6. The number of nitrogens with zero attached hydrogens (tertiary/aromatic N) is 3. The van der Waals surface area contributed by atoms with Crippen molar-refractivity contribution in [3.63, 3.8) is 0 Å². The van der Waals surface area contributed by atoms with Crippen molar-refractivity contribution in [3.8, 4) is 12.0 Å². The highest BCUT2D eigenvalue weighted by molar-refractivity contribution is 6.18. The molecule has 1 aliphatic carbocycles. The molecular weight excluding hydrogens is 244 g/mol. The summed E-state index contributed by atoms with van der Waals surface area (Å²) in [6.45, 7) is 0.757. The van der Waals surface area contributed by atoms with Gasteiger partial charge in [-0.15, -0.1) is 16.6 Å². The maximum absolute atomic E-state index is 5.90. The molecule has 0 amide bonds. The summed E-state index contributed by atoms with van der Waals surface area (Å²) in [4.78, 5) is 12.1. The monoisotopic (exact) mass is 258 g/mol. The van der Waals surface area contributed by atoms with E-state index in [0.29, 0.717) is 11.8 Å². The molecule has 7 heteroatoms. The molecule has 0 bridgehead atoms. The minimum atomic E-state index is 0.203. The van der Waals surface area contributed by atoms with Crippen molar-refractivity contribution in [2.75, 3.05) is 32.0 Å². The van der Waals surface area contributed by atoms with Crippen molar-refractivity contribution in [2.24, 2.45) is 5.41 Å². The third-order valence-corrected chi connectivity index (χ3v) is 3.39. The van der Waals surface area contributed by atoms with Crippen LogP contribution in [0.2, 0.25) is 0 Å². The first-order valence-corrected chi connectivity index (χ1v) is 5.89. The van der Waals surface area contributed by atoms with Gasteiger partial charge in [0.15, 0.2) is 0 Å². The van der Waals surface area contributed by atoms with E-state index in [0.717, 1.165) is 19.4 Å². The first-order chi connectivity index (χ1) is 8.21. The third-order valence-electron chi connectivity index (χ3n) is 2.82. The molecule has 0 atom stereocenters. The first-order valence-electron chi connectivity index (χ1n) is 5.35. The number of rotatable bonds is 6. The molecule has 0 saturated heterocycles. The molecule has 17 heavy (non-hydrogen) atoms. The van der Waals surface area contributed by atoms with E-state index >= 15 is 0 Å². The predicted octanol–water partition coefficient (Wildman–Crippen LogP) is 1.32. The average Bonchev–Trinajstić information content (AvgIpc) is 3.16. The first kappa shape index (κ1) is 12.2. The second kappa shape index (κ2) is 4.91. The minimum absolute atomic E-state index is 0.203. The van der Waals surface area contributed by atoms with E-state index < -0.39 is 0 Å². The normalized spacial score (nSPS) is 16.4. The van der Waals surface area contributed by atoms with E-state index in [1.54, 1.807) is 0 Å². The lowest BCUT2D eigenvalue weighted by Gasteiger charge is -2.12. The van der Waals surface area contributed by atoms with Crippen molar-refractivity contribution in [2.45, 2.75) is 12.8 Å². The van der Waals surface area contributed by atoms with Crippen LogP contribution in [0.3, 0.4) is 0 Å². The van der Waals surface area contributed by atoms with Crippen LogP contribution in [0, 0.1) is 5.41 Å². The number of ether oxygens (including phenoxy) is 2. The maximum Gasteiger partial charge on any atom is 0.324 e. The Balaban J connectivity index is 2.04. The van der Waals surface area contributed by atoms with Gasteiger partial charge in [0, 0.05) is 17.8 Å². The lowest BCUT2D eigenvalue weighted by atomic mass is 10.1. The Hall–Kier alpha value is -1.30. The fraction of sp³-hybridized carbons (Fsp3) is 0.700. The van der Waals surface area contributed by atoms with Crippen molar-refractivity contribution in [1.29, 1.82) is 0 Å². The van der Waals surface area contributed by atoms with Crippen LogP contribution in [-0.2, 0) is 0 Å². The van der Waals surface area contributed by atoms with Crippen LogP contribution in [0.5, 0.6) is 12.0 Å². The second-order valence-electron chi connectivity index (χ2n) is 4.12. The molecule has 94 valence electrons. The van der Waals surface area contributed by atoms with Crippen LogP contribution < -0.4 is 14.8 Å². The number of methoxy groups -OCH3 is 2. The Morgan fingerprint density at radius 2 is 1.76 bits per heavy atom.